The number of hydrogen-bond acceptors (Lipinski definition) is 0. The predicted octanol–water partition coefficient (Wildman–Crippen LogP) is 6.73. The average molecular weight is 374 g/mol. The number of rotatable bonds is 4. The quantitative estimate of drug-likeness (QED) is 0.446. The van der Waals surface area contributed by atoms with E-state index >= 15 is 0 Å². The molecule has 0 aliphatic heterocycles. The van der Waals surface area contributed by atoms with Gasteiger partial charge in [-0.15, -0.1) is 0 Å². The maximum atomic E-state index is 8.85. The van der Waals surface area contributed by atoms with Gasteiger partial charge in [0.2, 0.25) is 5.69 Å². The van der Waals surface area contributed by atoms with Crippen LogP contribution in [0.4, 0.5) is 0 Å². The Hall–Kier alpha value is -2.15. The Morgan fingerprint density at radius 3 is 2.46 bits per heavy atom. The molecule has 4 rings (SSSR count). The van der Waals surface area contributed by atoms with Gasteiger partial charge in [0.1, 0.15) is 7.05 Å². The number of fused-ring (bicyclic) bond motifs is 1. The normalized spacial score (nSPS) is 15.4. The van der Waals surface area contributed by atoms with E-state index in [0.29, 0.717) is 12.0 Å². The van der Waals surface area contributed by atoms with Gasteiger partial charge in [0.15, 0.2) is 5.69 Å². The Kier molecular flexibility index (Phi) is 4.93. The monoisotopic (exact) mass is 373 g/mol. The number of aryl methyl sites for hydroxylation is 2. The van der Waals surface area contributed by atoms with Crippen LogP contribution in [0.25, 0.3) is 22.0 Å². The van der Waals surface area contributed by atoms with Crippen molar-refractivity contribution in [3.63, 3.8) is 0 Å². The van der Waals surface area contributed by atoms with Gasteiger partial charge < -0.3 is 0 Å². The van der Waals surface area contributed by atoms with Gasteiger partial charge in [0.25, 0.3) is 0 Å². The van der Waals surface area contributed by atoms with E-state index in [1.165, 1.54) is 64.6 Å². The van der Waals surface area contributed by atoms with E-state index in [-0.39, 0.29) is 0 Å². The fourth-order valence-corrected chi connectivity index (χ4v) is 5.00. The summed E-state index contributed by atoms with van der Waals surface area (Å²) in [5, 5.41) is 2.32. The number of hydrogen-bond donors (Lipinski definition) is 0. The standard InChI is InChI=1S/C27H34N/c1-6-20-15-21(7-2)19(4)26(16-20)27-25-13-12-23(22-10-8-9-11-22)17-24(25)14-18(3)28(27)5/h12-17,22H,6-11H2,1-5H3/q+1/i14D. The van der Waals surface area contributed by atoms with Crippen LogP contribution in [-0.4, -0.2) is 0 Å². The molecule has 1 heterocycles. The largest absolute Gasteiger partial charge is 0.220 e. The van der Waals surface area contributed by atoms with E-state index in [9.17, 15) is 0 Å². The highest BCUT2D eigenvalue weighted by Gasteiger charge is 2.23. The molecule has 28 heavy (non-hydrogen) atoms. The van der Waals surface area contributed by atoms with Gasteiger partial charge in [-0.2, -0.15) is 4.57 Å². The maximum absolute atomic E-state index is 8.85. The second kappa shape index (κ2) is 7.70. The van der Waals surface area contributed by atoms with Gasteiger partial charge in [-0.25, -0.2) is 0 Å². The average Bonchev–Trinajstić information content (AvgIpc) is 3.28. The third-order valence-corrected chi connectivity index (χ3v) is 6.90. The van der Waals surface area contributed by atoms with Crippen molar-refractivity contribution in [2.45, 2.75) is 72.1 Å². The summed E-state index contributed by atoms with van der Waals surface area (Å²) >= 11 is 0. The summed E-state index contributed by atoms with van der Waals surface area (Å²) in [5.74, 6) is 0.674. The first-order chi connectivity index (χ1) is 14.0. The molecule has 1 fully saturated rings. The molecular formula is C27H34N+. The van der Waals surface area contributed by atoms with E-state index in [0.717, 1.165) is 23.9 Å². The lowest BCUT2D eigenvalue weighted by Crippen LogP contribution is -2.35. The number of benzene rings is 2. The molecule has 2 aromatic carbocycles. The van der Waals surface area contributed by atoms with Crippen LogP contribution in [-0.2, 0) is 19.9 Å². The topological polar surface area (TPSA) is 3.88 Å². The Morgan fingerprint density at radius 2 is 1.79 bits per heavy atom. The maximum Gasteiger partial charge on any atom is 0.220 e. The summed E-state index contributed by atoms with van der Waals surface area (Å²) in [6.45, 7) is 8.83. The molecule has 1 aliphatic carbocycles. The Balaban J connectivity index is 2.02. The number of aromatic nitrogens is 1. The highest BCUT2D eigenvalue weighted by molar-refractivity contribution is 5.94. The summed E-state index contributed by atoms with van der Waals surface area (Å²) < 4.78 is 11.1. The van der Waals surface area contributed by atoms with Gasteiger partial charge in [0.05, 0.1) is 12.3 Å². The molecule has 1 nitrogen and oxygen atoms in total. The van der Waals surface area contributed by atoms with Crippen molar-refractivity contribution in [3.8, 4) is 11.3 Å². The zero-order valence-corrected chi connectivity index (χ0v) is 18.2. The lowest BCUT2D eigenvalue weighted by molar-refractivity contribution is -0.665. The summed E-state index contributed by atoms with van der Waals surface area (Å²) in [4.78, 5) is 0. The van der Waals surface area contributed by atoms with Crippen LogP contribution in [0.15, 0.2) is 36.4 Å². The molecule has 0 bridgehead atoms. The Labute approximate surface area is 171 Å². The van der Waals surface area contributed by atoms with Gasteiger partial charge in [0, 0.05) is 13.0 Å². The van der Waals surface area contributed by atoms with Gasteiger partial charge in [-0.3, -0.25) is 0 Å². The van der Waals surface area contributed by atoms with E-state index in [1.807, 2.05) is 0 Å². The van der Waals surface area contributed by atoms with Crippen LogP contribution in [0.3, 0.4) is 0 Å². The molecule has 1 saturated carbocycles. The van der Waals surface area contributed by atoms with Gasteiger partial charge >= 0.3 is 0 Å². The molecule has 1 heteroatoms. The molecule has 0 spiro atoms. The summed E-state index contributed by atoms with van der Waals surface area (Å²) in [7, 11) is 2.12. The van der Waals surface area contributed by atoms with Crippen molar-refractivity contribution < 1.29 is 5.94 Å². The van der Waals surface area contributed by atoms with Gasteiger partial charge in [-0.1, -0.05) is 44.9 Å². The zero-order valence-electron chi connectivity index (χ0n) is 19.2. The van der Waals surface area contributed by atoms with Crippen molar-refractivity contribution >= 4 is 10.8 Å². The lowest BCUT2D eigenvalue weighted by atomic mass is 9.90. The molecule has 3 aromatic rings. The second-order valence-electron chi connectivity index (χ2n) is 8.54. The molecule has 0 N–H and O–H groups in total. The minimum Gasteiger partial charge on any atom is -0.198 e. The van der Waals surface area contributed by atoms with Crippen LogP contribution >= 0.6 is 0 Å². The molecule has 1 aromatic heterocycles. The fraction of sp³-hybridized carbons (Fsp3) is 0.444. The van der Waals surface area contributed by atoms with Crippen LogP contribution in [0.1, 0.15) is 74.8 Å². The SMILES string of the molecule is [2H]c1c(C)[n+](C)c(-c2cc(CC)cc(CC)c2C)c2ccc(C3CCCC3)cc12. The lowest BCUT2D eigenvalue weighted by Gasteiger charge is -2.16. The van der Waals surface area contributed by atoms with Crippen molar-refractivity contribution in [3.05, 3.63) is 64.3 Å². The first-order valence-electron chi connectivity index (χ1n) is 11.5. The van der Waals surface area contributed by atoms with E-state index in [1.54, 1.807) is 0 Å². The first kappa shape index (κ1) is 17.9. The zero-order chi connectivity index (χ0) is 20.7. The highest BCUT2D eigenvalue weighted by atomic mass is 14.9. The number of nitrogens with zero attached hydrogens (tertiary/aromatic N) is 1. The third-order valence-electron chi connectivity index (χ3n) is 6.90. The molecule has 0 radical (unpaired) electrons. The first-order valence-corrected chi connectivity index (χ1v) is 11.0. The van der Waals surface area contributed by atoms with Crippen molar-refractivity contribution in [2.24, 2.45) is 7.05 Å². The molecule has 1 aliphatic rings. The van der Waals surface area contributed by atoms with Crippen molar-refractivity contribution in [1.29, 1.82) is 0 Å². The Morgan fingerprint density at radius 1 is 1.04 bits per heavy atom. The highest BCUT2D eigenvalue weighted by Crippen LogP contribution is 2.37. The van der Waals surface area contributed by atoms with Crippen LogP contribution < -0.4 is 4.57 Å². The van der Waals surface area contributed by atoms with Crippen LogP contribution in [0.2, 0.25) is 0 Å². The predicted molar refractivity (Wildman–Crippen MR) is 120 cm³/mol. The van der Waals surface area contributed by atoms with E-state index in [2.05, 4.69) is 69.6 Å². The molecule has 0 atom stereocenters. The molecule has 0 amide bonds. The van der Waals surface area contributed by atoms with E-state index < -0.39 is 0 Å². The smallest absolute Gasteiger partial charge is 0.198 e. The molecule has 0 saturated heterocycles. The third kappa shape index (κ3) is 3.26. The summed E-state index contributed by atoms with van der Waals surface area (Å²) in [6.07, 6.45) is 7.37. The summed E-state index contributed by atoms with van der Waals surface area (Å²) in [6, 6.07) is 12.4. The Bertz CT molecular complexity index is 1070. The second-order valence-corrected chi connectivity index (χ2v) is 8.54. The van der Waals surface area contributed by atoms with E-state index in [4.69, 9.17) is 1.37 Å². The fourth-order valence-electron chi connectivity index (χ4n) is 5.00. The van der Waals surface area contributed by atoms with Crippen LogP contribution in [0, 0.1) is 13.8 Å². The van der Waals surface area contributed by atoms with Crippen molar-refractivity contribution in [1.82, 2.24) is 0 Å². The number of pyridine rings is 1. The van der Waals surface area contributed by atoms with Gasteiger partial charge in [-0.05, 0) is 78.3 Å². The minimum absolute atomic E-state index is 0.672. The van der Waals surface area contributed by atoms with Crippen LogP contribution in [0.5, 0.6) is 0 Å². The summed E-state index contributed by atoms with van der Waals surface area (Å²) in [5.41, 5.74) is 9.25. The molecular weight excluding hydrogens is 338 g/mol. The minimum atomic E-state index is 0.672. The molecule has 0 unspecified atom stereocenters. The molecule has 146 valence electrons. The van der Waals surface area contributed by atoms with Crippen molar-refractivity contribution in [2.75, 3.05) is 0 Å².